The molecule has 0 aliphatic rings. The molecule has 5 heteroatoms. The second-order valence-electron chi connectivity index (χ2n) is 3.91. The van der Waals surface area contributed by atoms with Crippen LogP contribution in [0.4, 0.5) is 14.5 Å². The van der Waals surface area contributed by atoms with Crippen molar-refractivity contribution in [2.75, 3.05) is 5.32 Å². The number of para-hydroxylation sites is 1. The summed E-state index contributed by atoms with van der Waals surface area (Å²) in [7, 11) is 0. The number of phenolic OH excluding ortho intramolecular Hbond substituents is 1. The molecule has 2 N–H and O–H groups in total. The molecule has 0 saturated carbocycles. The van der Waals surface area contributed by atoms with Gasteiger partial charge in [-0.1, -0.05) is 18.2 Å². The number of aromatic hydroxyl groups is 1. The number of halogens is 2. The highest BCUT2D eigenvalue weighted by molar-refractivity contribution is 5.51. The van der Waals surface area contributed by atoms with Crippen LogP contribution in [-0.4, -0.2) is 5.11 Å². The standard InChI is InChI=1S/C14H10F2N2O/c15-11-5-9(7-17)6-12(16)14(11)18-8-10-3-1-2-4-13(10)19/h1-6,18-19H,8H2. The maximum Gasteiger partial charge on any atom is 0.150 e. The highest BCUT2D eigenvalue weighted by Gasteiger charge is 2.11. The molecule has 2 aromatic rings. The van der Waals surface area contributed by atoms with E-state index in [0.717, 1.165) is 12.1 Å². The van der Waals surface area contributed by atoms with Crippen LogP contribution in [0.2, 0.25) is 0 Å². The van der Waals surface area contributed by atoms with Crippen LogP contribution in [-0.2, 0) is 6.54 Å². The second-order valence-corrected chi connectivity index (χ2v) is 3.91. The molecule has 0 bridgehead atoms. The Bertz CT molecular complexity index is 627. The quantitative estimate of drug-likeness (QED) is 0.891. The minimum absolute atomic E-state index is 0.0458. The predicted octanol–water partition coefficient (Wildman–Crippen LogP) is 3.15. The van der Waals surface area contributed by atoms with Gasteiger partial charge in [-0.3, -0.25) is 0 Å². The maximum absolute atomic E-state index is 13.6. The number of nitrogens with one attached hydrogen (secondary N) is 1. The largest absolute Gasteiger partial charge is 0.508 e. The van der Waals surface area contributed by atoms with Gasteiger partial charge in [-0.05, 0) is 18.2 Å². The maximum atomic E-state index is 13.6. The summed E-state index contributed by atoms with van der Waals surface area (Å²) in [5.74, 6) is -1.64. The summed E-state index contributed by atoms with van der Waals surface area (Å²) < 4.78 is 27.2. The Labute approximate surface area is 108 Å². The van der Waals surface area contributed by atoms with Gasteiger partial charge in [0.15, 0.2) is 11.6 Å². The van der Waals surface area contributed by atoms with Crippen molar-refractivity contribution in [1.82, 2.24) is 0 Å². The molecule has 19 heavy (non-hydrogen) atoms. The molecule has 0 heterocycles. The van der Waals surface area contributed by atoms with Crippen LogP contribution in [0.1, 0.15) is 11.1 Å². The lowest BCUT2D eigenvalue weighted by molar-refractivity contribution is 0.469. The summed E-state index contributed by atoms with van der Waals surface area (Å²) in [6.45, 7) is 0.0758. The van der Waals surface area contributed by atoms with Crippen molar-refractivity contribution < 1.29 is 13.9 Å². The smallest absolute Gasteiger partial charge is 0.150 e. The van der Waals surface area contributed by atoms with E-state index >= 15 is 0 Å². The monoisotopic (exact) mass is 260 g/mol. The molecule has 96 valence electrons. The van der Waals surface area contributed by atoms with E-state index in [0.29, 0.717) is 5.56 Å². The van der Waals surface area contributed by atoms with E-state index in [2.05, 4.69) is 5.32 Å². The van der Waals surface area contributed by atoms with E-state index < -0.39 is 11.6 Å². The molecule has 0 aromatic heterocycles. The Morgan fingerprint density at radius 2 is 1.79 bits per heavy atom. The second kappa shape index (κ2) is 5.36. The Hall–Kier alpha value is -2.61. The first-order chi connectivity index (χ1) is 9.11. The van der Waals surface area contributed by atoms with E-state index in [9.17, 15) is 13.9 Å². The van der Waals surface area contributed by atoms with Crippen LogP contribution in [0.5, 0.6) is 5.75 Å². The molecule has 0 spiro atoms. The number of nitrogens with zero attached hydrogens (tertiary/aromatic N) is 1. The number of hydrogen-bond donors (Lipinski definition) is 2. The van der Waals surface area contributed by atoms with Gasteiger partial charge in [-0.2, -0.15) is 5.26 Å². The minimum Gasteiger partial charge on any atom is -0.508 e. The van der Waals surface area contributed by atoms with Crippen LogP contribution in [0, 0.1) is 23.0 Å². The number of nitriles is 1. The number of hydrogen-bond acceptors (Lipinski definition) is 3. The predicted molar refractivity (Wildman–Crippen MR) is 66.5 cm³/mol. The third-order valence-corrected chi connectivity index (χ3v) is 2.62. The summed E-state index contributed by atoms with van der Waals surface area (Å²) >= 11 is 0. The molecule has 0 aliphatic heterocycles. The summed E-state index contributed by atoms with van der Waals surface area (Å²) in [5, 5.41) is 20.7. The van der Waals surface area contributed by atoms with E-state index in [1.54, 1.807) is 24.3 Å². The van der Waals surface area contributed by atoms with Crippen LogP contribution < -0.4 is 5.32 Å². The normalized spacial score (nSPS) is 9.95. The fraction of sp³-hybridized carbons (Fsp3) is 0.0714. The number of rotatable bonds is 3. The average molecular weight is 260 g/mol. The summed E-state index contributed by atoms with van der Waals surface area (Å²) in [6.07, 6.45) is 0. The van der Waals surface area contributed by atoms with Crippen molar-refractivity contribution >= 4 is 5.69 Å². The van der Waals surface area contributed by atoms with Crippen molar-refractivity contribution in [3.05, 3.63) is 59.2 Å². The zero-order chi connectivity index (χ0) is 13.8. The topological polar surface area (TPSA) is 56.0 Å². The number of benzene rings is 2. The molecule has 3 nitrogen and oxygen atoms in total. The average Bonchev–Trinajstić information content (AvgIpc) is 2.39. The molecule has 0 atom stereocenters. The van der Waals surface area contributed by atoms with E-state index in [1.165, 1.54) is 6.07 Å². The van der Waals surface area contributed by atoms with Gasteiger partial charge in [0.2, 0.25) is 0 Å². The van der Waals surface area contributed by atoms with Crippen LogP contribution in [0.25, 0.3) is 0 Å². The lowest BCUT2D eigenvalue weighted by Crippen LogP contribution is -2.04. The highest BCUT2D eigenvalue weighted by Crippen LogP contribution is 2.23. The number of anilines is 1. The van der Waals surface area contributed by atoms with Gasteiger partial charge in [-0.15, -0.1) is 0 Å². The van der Waals surface area contributed by atoms with Crippen molar-refractivity contribution in [3.63, 3.8) is 0 Å². The lowest BCUT2D eigenvalue weighted by Gasteiger charge is -2.10. The first-order valence-corrected chi connectivity index (χ1v) is 5.51. The summed E-state index contributed by atoms with van der Waals surface area (Å²) in [6, 6.07) is 10.1. The first-order valence-electron chi connectivity index (χ1n) is 5.51. The van der Waals surface area contributed by atoms with Gasteiger partial charge in [-0.25, -0.2) is 8.78 Å². The minimum atomic E-state index is -0.841. The van der Waals surface area contributed by atoms with Gasteiger partial charge in [0.05, 0.1) is 11.6 Å². The Morgan fingerprint density at radius 1 is 1.16 bits per heavy atom. The number of phenols is 1. The van der Waals surface area contributed by atoms with Gasteiger partial charge in [0, 0.05) is 12.1 Å². The van der Waals surface area contributed by atoms with Crippen molar-refractivity contribution in [2.45, 2.75) is 6.54 Å². The van der Waals surface area contributed by atoms with Gasteiger partial charge < -0.3 is 10.4 Å². The highest BCUT2D eigenvalue weighted by atomic mass is 19.1. The fourth-order valence-corrected chi connectivity index (χ4v) is 1.65. The summed E-state index contributed by atoms with van der Waals surface area (Å²) in [4.78, 5) is 0. The molecule has 0 radical (unpaired) electrons. The summed E-state index contributed by atoms with van der Waals surface area (Å²) in [5.41, 5.74) is 0.121. The zero-order valence-electron chi connectivity index (χ0n) is 9.82. The van der Waals surface area contributed by atoms with Crippen molar-refractivity contribution in [3.8, 4) is 11.8 Å². The molecule has 2 rings (SSSR count). The molecule has 0 fully saturated rings. The third-order valence-electron chi connectivity index (χ3n) is 2.62. The van der Waals surface area contributed by atoms with Crippen LogP contribution in [0.15, 0.2) is 36.4 Å². The van der Waals surface area contributed by atoms with Crippen LogP contribution >= 0.6 is 0 Å². The molecular formula is C14H10F2N2O. The van der Waals surface area contributed by atoms with E-state index in [4.69, 9.17) is 5.26 Å². The molecule has 0 aliphatic carbocycles. The van der Waals surface area contributed by atoms with Crippen molar-refractivity contribution in [2.24, 2.45) is 0 Å². The SMILES string of the molecule is N#Cc1cc(F)c(NCc2ccccc2O)c(F)c1. The van der Waals surface area contributed by atoms with Crippen molar-refractivity contribution in [1.29, 1.82) is 5.26 Å². The Morgan fingerprint density at radius 3 is 2.37 bits per heavy atom. The Balaban J connectivity index is 2.21. The van der Waals surface area contributed by atoms with Gasteiger partial charge >= 0.3 is 0 Å². The van der Waals surface area contributed by atoms with Gasteiger partial charge in [0.1, 0.15) is 11.4 Å². The Kier molecular flexibility index (Phi) is 3.62. The first kappa shape index (κ1) is 12.8. The van der Waals surface area contributed by atoms with Gasteiger partial charge in [0.25, 0.3) is 0 Å². The third kappa shape index (κ3) is 2.80. The zero-order valence-corrected chi connectivity index (χ0v) is 9.82. The lowest BCUT2D eigenvalue weighted by atomic mass is 10.1. The van der Waals surface area contributed by atoms with E-state index in [-0.39, 0.29) is 23.5 Å². The van der Waals surface area contributed by atoms with E-state index in [1.807, 2.05) is 0 Å². The molecular weight excluding hydrogens is 250 g/mol. The molecule has 0 amide bonds. The van der Waals surface area contributed by atoms with Crippen LogP contribution in [0.3, 0.4) is 0 Å². The molecule has 0 saturated heterocycles. The molecule has 2 aromatic carbocycles. The molecule has 0 unspecified atom stereocenters. The fourth-order valence-electron chi connectivity index (χ4n) is 1.65.